The van der Waals surface area contributed by atoms with Gasteiger partial charge in [-0.1, -0.05) is 31.4 Å². The van der Waals surface area contributed by atoms with E-state index in [1.54, 1.807) is 23.3 Å². The van der Waals surface area contributed by atoms with Gasteiger partial charge in [-0.05, 0) is 25.0 Å². The minimum atomic E-state index is -0.256. The number of carbonyl (C=O) groups is 2. The Bertz CT molecular complexity index is 573. The topological polar surface area (TPSA) is 88.1 Å². The highest BCUT2D eigenvalue weighted by Gasteiger charge is 2.14. The normalized spacial score (nSPS) is 14.8. The molecule has 0 bridgehead atoms. The van der Waals surface area contributed by atoms with Crippen molar-refractivity contribution in [3.05, 3.63) is 29.8 Å². The Kier molecular flexibility index (Phi) is 8.92. The van der Waals surface area contributed by atoms with Crippen LogP contribution in [0.4, 0.5) is 0 Å². The predicted octanol–water partition coefficient (Wildman–Crippen LogP) is 2.25. The van der Waals surface area contributed by atoms with Crippen molar-refractivity contribution in [1.82, 2.24) is 10.4 Å². The number of phenols is 1. The third kappa shape index (κ3) is 7.41. The lowest BCUT2D eigenvalue weighted by Crippen LogP contribution is -2.37. The fourth-order valence-electron chi connectivity index (χ4n) is 2.71. The van der Waals surface area contributed by atoms with Crippen LogP contribution in [0.1, 0.15) is 48.9 Å². The number of hydrogen-bond donors (Lipinski definition) is 2. The molecule has 1 fully saturated rings. The Hall–Kier alpha value is -2.12. The molecular formula is C19H28N2O5. The number of amides is 1. The number of ether oxygens (including phenoxy) is 1. The van der Waals surface area contributed by atoms with Crippen molar-refractivity contribution in [2.45, 2.75) is 38.5 Å². The van der Waals surface area contributed by atoms with E-state index in [-0.39, 0.29) is 17.6 Å². The van der Waals surface area contributed by atoms with Crippen molar-refractivity contribution in [3.63, 3.8) is 0 Å². The molecule has 1 aromatic carbocycles. The molecule has 144 valence electrons. The maximum Gasteiger partial charge on any atom is 0.325 e. The van der Waals surface area contributed by atoms with E-state index >= 15 is 0 Å². The lowest BCUT2D eigenvalue weighted by Gasteiger charge is -2.24. The summed E-state index contributed by atoms with van der Waals surface area (Å²) in [6, 6.07) is 6.50. The van der Waals surface area contributed by atoms with E-state index < -0.39 is 0 Å². The van der Waals surface area contributed by atoms with Crippen molar-refractivity contribution in [2.75, 3.05) is 32.8 Å². The van der Waals surface area contributed by atoms with Gasteiger partial charge in [-0.2, -0.15) is 0 Å². The summed E-state index contributed by atoms with van der Waals surface area (Å²) in [4.78, 5) is 28.9. The molecule has 0 atom stereocenters. The third-order valence-electron chi connectivity index (χ3n) is 4.19. The predicted molar refractivity (Wildman–Crippen MR) is 96.6 cm³/mol. The number of hydrogen-bond acceptors (Lipinski definition) is 6. The highest BCUT2D eigenvalue weighted by atomic mass is 16.7. The van der Waals surface area contributed by atoms with E-state index in [1.807, 2.05) is 0 Å². The van der Waals surface area contributed by atoms with Gasteiger partial charge < -0.3 is 20.0 Å². The molecule has 1 saturated heterocycles. The van der Waals surface area contributed by atoms with Crippen LogP contribution in [0, 0.1) is 0 Å². The summed E-state index contributed by atoms with van der Waals surface area (Å²) in [6.45, 7) is 3.06. The molecule has 1 aromatic rings. The van der Waals surface area contributed by atoms with Crippen LogP contribution < -0.4 is 5.32 Å². The fourth-order valence-corrected chi connectivity index (χ4v) is 2.71. The molecule has 1 aliphatic rings. The highest BCUT2D eigenvalue weighted by molar-refractivity contribution is 5.96. The van der Waals surface area contributed by atoms with Crippen molar-refractivity contribution in [3.8, 4) is 5.75 Å². The molecule has 1 amide bonds. The van der Waals surface area contributed by atoms with Crippen molar-refractivity contribution >= 4 is 11.9 Å². The van der Waals surface area contributed by atoms with Gasteiger partial charge in [0.2, 0.25) is 0 Å². The van der Waals surface area contributed by atoms with Gasteiger partial charge >= 0.3 is 5.97 Å². The zero-order chi connectivity index (χ0) is 18.6. The van der Waals surface area contributed by atoms with Crippen molar-refractivity contribution < 1.29 is 24.3 Å². The van der Waals surface area contributed by atoms with Crippen molar-refractivity contribution in [2.24, 2.45) is 0 Å². The smallest absolute Gasteiger partial charge is 0.325 e. The van der Waals surface area contributed by atoms with Gasteiger partial charge in [-0.15, -0.1) is 5.06 Å². The zero-order valence-electron chi connectivity index (χ0n) is 15.1. The highest BCUT2D eigenvalue weighted by Crippen LogP contribution is 2.15. The quantitative estimate of drug-likeness (QED) is 0.619. The molecule has 1 aliphatic heterocycles. The first-order valence-electron chi connectivity index (χ1n) is 9.26. The summed E-state index contributed by atoms with van der Waals surface area (Å²) in [7, 11) is 0. The van der Waals surface area contributed by atoms with Gasteiger partial charge in [0.1, 0.15) is 5.75 Å². The molecule has 2 N–H and O–H groups in total. The molecule has 7 heteroatoms. The van der Waals surface area contributed by atoms with Crippen LogP contribution in [0.15, 0.2) is 24.3 Å². The number of morpholine rings is 1. The Morgan fingerprint density at radius 2 is 1.77 bits per heavy atom. The van der Waals surface area contributed by atoms with Crippen LogP contribution >= 0.6 is 0 Å². The lowest BCUT2D eigenvalue weighted by molar-refractivity contribution is -0.205. The monoisotopic (exact) mass is 364 g/mol. The molecular weight excluding hydrogens is 336 g/mol. The van der Waals surface area contributed by atoms with Crippen LogP contribution in [0.3, 0.4) is 0 Å². The van der Waals surface area contributed by atoms with Gasteiger partial charge in [0.15, 0.2) is 0 Å². The molecule has 0 aliphatic carbocycles. The summed E-state index contributed by atoms with van der Waals surface area (Å²) in [5.41, 5.74) is 0.297. The molecule has 26 heavy (non-hydrogen) atoms. The van der Waals surface area contributed by atoms with E-state index in [0.29, 0.717) is 44.8 Å². The lowest BCUT2D eigenvalue weighted by atomic mass is 10.1. The van der Waals surface area contributed by atoms with Crippen molar-refractivity contribution in [1.29, 1.82) is 0 Å². The molecule has 0 unspecified atom stereocenters. The Morgan fingerprint density at radius 1 is 1.08 bits per heavy atom. The molecule has 0 aromatic heterocycles. The molecule has 2 rings (SSSR count). The molecule has 0 saturated carbocycles. The van der Waals surface area contributed by atoms with Crippen LogP contribution in [0.25, 0.3) is 0 Å². The number of nitrogens with one attached hydrogen (secondary N) is 1. The van der Waals surface area contributed by atoms with E-state index in [1.165, 1.54) is 6.07 Å². The number of benzene rings is 1. The Balaban J connectivity index is 1.45. The maximum atomic E-state index is 11.9. The van der Waals surface area contributed by atoms with E-state index in [0.717, 1.165) is 32.1 Å². The minimum Gasteiger partial charge on any atom is -0.507 e. The number of nitrogens with zero attached hydrogens (tertiary/aromatic N) is 1. The second kappa shape index (κ2) is 11.5. The zero-order valence-corrected chi connectivity index (χ0v) is 15.1. The van der Waals surface area contributed by atoms with Gasteiger partial charge in [-0.25, -0.2) is 0 Å². The Labute approximate surface area is 154 Å². The number of carbonyl (C=O) groups excluding carboxylic acids is 2. The minimum absolute atomic E-state index is 0.00559. The van der Waals surface area contributed by atoms with E-state index in [4.69, 9.17) is 9.57 Å². The number of unbranched alkanes of at least 4 members (excludes halogenated alkanes) is 4. The van der Waals surface area contributed by atoms with E-state index in [9.17, 15) is 14.7 Å². The second-order valence-corrected chi connectivity index (χ2v) is 6.30. The molecule has 0 radical (unpaired) electrons. The summed E-state index contributed by atoms with van der Waals surface area (Å²) >= 11 is 0. The first kappa shape index (κ1) is 20.2. The van der Waals surface area contributed by atoms with Crippen LogP contribution in [-0.2, 0) is 14.4 Å². The Morgan fingerprint density at radius 3 is 2.54 bits per heavy atom. The van der Waals surface area contributed by atoms with Gasteiger partial charge in [-0.3, -0.25) is 9.59 Å². The van der Waals surface area contributed by atoms with Crippen LogP contribution in [-0.4, -0.2) is 54.9 Å². The number of phenolic OH excluding ortho intramolecular Hbond substituents is 1. The molecule has 7 nitrogen and oxygen atoms in total. The molecule has 1 heterocycles. The number of hydroxylamine groups is 2. The standard InChI is InChI=1S/C19H28N2O5/c22-17-9-6-5-8-16(17)19(24)20-11-7-3-1-2-4-10-18(23)26-21-12-14-25-15-13-21/h5-6,8-9,22H,1-4,7,10-15H2,(H,20,24). The number of para-hydroxylation sites is 1. The number of aromatic hydroxyl groups is 1. The average molecular weight is 364 g/mol. The average Bonchev–Trinajstić information content (AvgIpc) is 2.65. The van der Waals surface area contributed by atoms with E-state index in [2.05, 4.69) is 5.32 Å². The first-order chi connectivity index (χ1) is 12.7. The summed E-state index contributed by atoms with van der Waals surface area (Å²) in [5, 5.41) is 14.1. The SMILES string of the molecule is O=C(CCCCCCCNC(=O)c1ccccc1O)ON1CCOCC1. The van der Waals surface area contributed by atoms with Gasteiger partial charge in [0.05, 0.1) is 31.9 Å². The van der Waals surface area contributed by atoms with Gasteiger partial charge in [0, 0.05) is 13.0 Å². The summed E-state index contributed by atoms with van der Waals surface area (Å²) in [6.07, 6.45) is 5.08. The van der Waals surface area contributed by atoms with Crippen LogP contribution in [0.2, 0.25) is 0 Å². The maximum absolute atomic E-state index is 11.9. The molecule has 0 spiro atoms. The number of rotatable bonds is 10. The van der Waals surface area contributed by atoms with Crippen LogP contribution in [0.5, 0.6) is 5.75 Å². The van der Waals surface area contributed by atoms with Gasteiger partial charge in [0.25, 0.3) is 5.91 Å². The first-order valence-corrected chi connectivity index (χ1v) is 9.26. The summed E-state index contributed by atoms with van der Waals surface area (Å²) in [5.74, 6) is -0.440. The largest absolute Gasteiger partial charge is 0.507 e. The fraction of sp³-hybridized carbons (Fsp3) is 0.579. The summed E-state index contributed by atoms with van der Waals surface area (Å²) < 4.78 is 5.20. The second-order valence-electron chi connectivity index (χ2n) is 6.30. The third-order valence-corrected chi connectivity index (χ3v) is 4.19.